The van der Waals surface area contributed by atoms with Gasteiger partial charge < -0.3 is 5.32 Å². The zero-order chi connectivity index (χ0) is 15.5. The van der Waals surface area contributed by atoms with Crippen LogP contribution in [0, 0.1) is 13.8 Å². The number of para-hydroxylation sites is 1. The van der Waals surface area contributed by atoms with Gasteiger partial charge in [0.05, 0.1) is 16.3 Å². The van der Waals surface area contributed by atoms with Crippen LogP contribution in [-0.2, 0) is 16.4 Å². The number of nitrogens with one attached hydrogen (secondary N) is 1. The summed E-state index contributed by atoms with van der Waals surface area (Å²) in [7, 11) is -3.21. The van der Waals surface area contributed by atoms with E-state index in [0.717, 1.165) is 5.56 Å². The predicted octanol–water partition coefficient (Wildman–Crippen LogP) is 3.71. The minimum Gasteiger partial charge on any atom is -0.380 e. The van der Waals surface area contributed by atoms with Gasteiger partial charge in [0.2, 0.25) is 0 Å². The summed E-state index contributed by atoms with van der Waals surface area (Å²) in [6.45, 7) is 6.40. The highest BCUT2D eigenvalue weighted by molar-refractivity contribution is 7.91. The number of aryl methyl sites for hydroxylation is 2. The van der Waals surface area contributed by atoms with Crippen molar-refractivity contribution in [2.24, 2.45) is 0 Å². The van der Waals surface area contributed by atoms with E-state index in [1.807, 2.05) is 12.1 Å². The second kappa shape index (κ2) is 6.31. The molecule has 0 saturated heterocycles. The Morgan fingerprint density at radius 1 is 1.00 bits per heavy atom. The lowest BCUT2D eigenvalue weighted by molar-refractivity contribution is 0.597. The number of rotatable bonds is 5. The highest BCUT2D eigenvalue weighted by Gasteiger charge is 2.15. The average molecular weight is 303 g/mol. The van der Waals surface area contributed by atoms with Crippen LogP contribution in [0.5, 0.6) is 0 Å². The lowest BCUT2D eigenvalue weighted by atomic mass is 10.1. The van der Waals surface area contributed by atoms with Gasteiger partial charge in [-0.15, -0.1) is 0 Å². The third-order valence-electron chi connectivity index (χ3n) is 3.37. The lowest BCUT2D eigenvalue weighted by Gasteiger charge is -2.12. The van der Waals surface area contributed by atoms with E-state index < -0.39 is 9.84 Å². The topological polar surface area (TPSA) is 46.2 Å². The molecule has 0 atom stereocenters. The Kier molecular flexibility index (Phi) is 4.68. The summed E-state index contributed by atoms with van der Waals surface area (Å²) < 4.78 is 24.2. The van der Waals surface area contributed by atoms with Crippen molar-refractivity contribution in [3.63, 3.8) is 0 Å². The van der Waals surface area contributed by atoms with Crippen LogP contribution in [0.3, 0.4) is 0 Å². The first-order valence-corrected chi connectivity index (χ1v) is 8.70. The van der Waals surface area contributed by atoms with E-state index >= 15 is 0 Å². The molecule has 1 N–H and O–H groups in total. The van der Waals surface area contributed by atoms with Crippen LogP contribution in [-0.4, -0.2) is 14.2 Å². The first kappa shape index (κ1) is 15.6. The van der Waals surface area contributed by atoms with Crippen LogP contribution in [0.2, 0.25) is 0 Å². The Labute approximate surface area is 126 Å². The summed E-state index contributed by atoms with van der Waals surface area (Å²) >= 11 is 0. The first-order valence-electron chi connectivity index (χ1n) is 7.05. The molecule has 112 valence electrons. The van der Waals surface area contributed by atoms with Crippen LogP contribution in [0.4, 0.5) is 5.69 Å². The smallest absolute Gasteiger partial charge is 0.180 e. The molecule has 21 heavy (non-hydrogen) atoms. The molecule has 0 unspecified atom stereocenters. The first-order chi connectivity index (χ1) is 9.92. The largest absolute Gasteiger partial charge is 0.380 e. The van der Waals surface area contributed by atoms with Crippen molar-refractivity contribution >= 4 is 15.5 Å². The number of anilines is 1. The maximum absolute atomic E-state index is 12.1. The number of sulfone groups is 1. The lowest BCUT2D eigenvalue weighted by Crippen LogP contribution is -2.09. The molecule has 0 aliphatic heterocycles. The van der Waals surface area contributed by atoms with Gasteiger partial charge in [-0.05, 0) is 31.5 Å². The molecule has 3 nitrogen and oxygen atoms in total. The van der Waals surface area contributed by atoms with Crippen LogP contribution in [0.15, 0.2) is 47.4 Å². The Bertz CT molecular complexity index is 716. The highest BCUT2D eigenvalue weighted by atomic mass is 32.2. The molecule has 0 spiro atoms. The van der Waals surface area contributed by atoms with Gasteiger partial charge >= 0.3 is 0 Å². The molecule has 0 aromatic heterocycles. The van der Waals surface area contributed by atoms with E-state index in [1.54, 1.807) is 19.1 Å². The fourth-order valence-electron chi connectivity index (χ4n) is 2.41. The zero-order valence-corrected chi connectivity index (χ0v) is 13.5. The molecule has 0 fully saturated rings. The molecule has 0 amide bonds. The zero-order valence-electron chi connectivity index (χ0n) is 12.7. The third kappa shape index (κ3) is 3.85. The molecule has 0 bridgehead atoms. The predicted molar refractivity (Wildman–Crippen MR) is 87.4 cm³/mol. The summed E-state index contributed by atoms with van der Waals surface area (Å²) in [6.07, 6.45) is 0. The average Bonchev–Trinajstić information content (AvgIpc) is 2.44. The highest BCUT2D eigenvalue weighted by Crippen LogP contribution is 2.23. The quantitative estimate of drug-likeness (QED) is 0.916. The molecule has 4 heteroatoms. The Balaban J connectivity index is 2.25. The molecule has 0 saturated carbocycles. The second-order valence-electron chi connectivity index (χ2n) is 5.25. The number of hydrogen-bond donors (Lipinski definition) is 1. The maximum atomic E-state index is 12.1. The molecule has 0 radical (unpaired) electrons. The number of benzene rings is 2. The van der Waals surface area contributed by atoms with Gasteiger partial charge in [0.25, 0.3) is 0 Å². The van der Waals surface area contributed by atoms with Crippen LogP contribution >= 0.6 is 0 Å². The van der Waals surface area contributed by atoms with E-state index in [2.05, 4.69) is 37.4 Å². The molecule has 0 aliphatic carbocycles. The van der Waals surface area contributed by atoms with E-state index in [1.165, 1.54) is 11.1 Å². The van der Waals surface area contributed by atoms with Crippen molar-refractivity contribution in [2.75, 3.05) is 11.1 Å². The van der Waals surface area contributed by atoms with Crippen molar-refractivity contribution in [2.45, 2.75) is 32.2 Å². The Morgan fingerprint density at radius 2 is 1.62 bits per heavy atom. The van der Waals surface area contributed by atoms with Crippen molar-refractivity contribution in [3.8, 4) is 0 Å². The molecule has 2 aromatic carbocycles. The van der Waals surface area contributed by atoms with Crippen molar-refractivity contribution in [1.82, 2.24) is 0 Å². The minimum atomic E-state index is -3.21. The third-order valence-corrected chi connectivity index (χ3v) is 5.15. The van der Waals surface area contributed by atoms with Crippen molar-refractivity contribution in [1.29, 1.82) is 0 Å². The van der Waals surface area contributed by atoms with Crippen LogP contribution < -0.4 is 5.32 Å². The van der Waals surface area contributed by atoms with E-state index in [0.29, 0.717) is 17.1 Å². The van der Waals surface area contributed by atoms with Gasteiger partial charge in [0, 0.05) is 6.54 Å². The van der Waals surface area contributed by atoms with Gasteiger partial charge in [0.15, 0.2) is 9.84 Å². The van der Waals surface area contributed by atoms with Gasteiger partial charge in [-0.2, -0.15) is 0 Å². The Morgan fingerprint density at radius 3 is 2.24 bits per heavy atom. The second-order valence-corrected chi connectivity index (χ2v) is 7.50. The Hall–Kier alpha value is -1.81. The fourth-order valence-corrected chi connectivity index (χ4v) is 3.48. The molecular weight excluding hydrogens is 282 g/mol. The molecule has 2 rings (SSSR count). The normalized spacial score (nSPS) is 11.4. The van der Waals surface area contributed by atoms with Crippen molar-refractivity contribution in [3.05, 3.63) is 59.2 Å². The minimum absolute atomic E-state index is 0.106. The van der Waals surface area contributed by atoms with Crippen LogP contribution in [0.25, 0.3) is 0 Å². The summed E-state index contributed by atoms with van der Waals surface area (Å²) in [4.78, 5) is 0.372. The van der Waals surface area contributed by atoms with Crippen molar-refractivity contribution < 1.29 is 8.42 Å². The number of hydrogen-bond acceptors (Lipinski definition) is 3. The van der Waals surface area contributed by atoms with E-state index in [-0.39, 0.29) is 5.75 Å². The fraction of sp³-hybridized carbons (Fsp3) is 0.294. The SMILES string of the molecule is CCS(=O)(=O)c1ccccc1NCc1cc(C)cc(C)c1. The summed E-state index contributed by atoms with van der Waals surface area (Å²) in [5.41, 5.74) is 4.23. The maximum Gasteiger partial charge on any atom is 0.180 e. The summed E-state index contributed by atoms with van der Waals surface area (Å²) in [5, 5.41) is 3.25. The van der Waals surface area contributed by atoms with E-state index in [9.17, 15) is 8.42 Å². The van der Waals surface area contributed by atoms with Gasteiger partial charge in [-0.3, -0.25) is 0 Å². The summed E-state index contributed by atoms with van der Waals surface area (Å²) in [5.74, 6) is 0.106. The van der Waals surface area contributed by atoms with Crippen LogP contribution in [0.1, 0.15) is 23.6 Å². The molecular formula is C17H21NO2S. The molecule has 0 heterocycles. The van der Waals surface area contributed by atoms with Gasteiger partial charge in [-0.1, -0.05) is 48.4 Å². The molecule has 0 aliphatic rings. The summed E-state index contributed by atoms with van der Waals surface area (Å²) in [6, 6.07) is 13.4. The standard InChI is InChI=1S/C17H21NO2S/c1-4-21(19,20)17-8-6-5-7-16(17)18-12-15-10-13(2)9-14(3)11-15/h5-11,18H,4,12H2,1-3H3. The van der Waals surface area contributed by atoms with E-state index in [4.69, 9.17) is 0 Å². The molecule has 2 aromatic rings. The monoisotopic (exact) mass is 303 g/mol. The van der Waals surface area contributed by atoms with Gasteiger partial charge in [-0.25, -0.2) is 8.42 Å². The van der Waals surface area contributed by atoms with Gasteiger partial charge in [0.1, 0.15) is 0 Å².